The van der Waals surface area contributed by atoms with Gasteiger partial charge in [-0.3, -0.25) is 9.78 Å². The Kier molecular flexibility index (Phi) is 5.43. The predicted octanol–water partition coefficient (Wildman–Crippen LogP) is 2.94. The summed E-state index contributed by atoms with van der Waals surface area (Å²) in [5.74, 6) is 0.0823. The van der Waals surface area contributed by atoms with E-state index in [-0.39, 0.29) is 12.0 Å². The third-order valence-corrected chi connectivity index (χ3v) is 4.43. The number of amides is 1. The van der Waals surface area contributed by atoms with Crippen LogP contribution in [-0.2, 0) is 11.3 Å². The van der Waals surface area contributed by atoms with Gasteiger partial charge in [-0.1, -0.05) is 18.2 Å². The molecule has 24 heavy (non-hydrogen) atoms. The zero-order chi connectivity index (χ0) is 16.8. The molecule has 5 nitrogen and oxygen atoms in total. The normalized spacial score (nSPS) is 15.3. The highest BCUT2D eigenvalue weighted by atomic mass is 16.5. The van der Waals surface area contributed by atoms with Gasteiger partial charge in [-0.05, 0) is 36.6 Å². The lowest BCUT2D eigenvalue weighted by Crippen LogP contribution is -2.40. The molecule has 0 bridgehead atoms. The smallest absolute Gasteiger partial charge is 0.255 e. The number of rotatable bonds is 5. The SMILES string of the molecule is COC1CCN(C(=O)c2ccccc2NCc2cccnc2)CC1. The van der Waals surface area contributed by atoms with Crippen LogP contribution in [0.3, 0.4) is 0 Å². The highest BCUT2D eigenvalue weighted by molar-refractivity contribution is 5.99. The van der Waals surface area contributed by atoms with Gasteiger partial charge in [0.25, 0.3) is 5.91 Å². The Balaban J connectivity index is 1.68. The molecule has 1 N–H and O–H groups in total. The van der Waals surface area contributed by atoms with Crippen molar-refractivity contribution in [3.05, 3.63) is 59.9 Å². The van der Waals surface area contributed by atoms with Gasteiger partial charge >= 0.3 is 0 Å². The number of ether oxygens (including phenoxy) is 1. The molecule has 1 aliphatic rings. The Morgan fingerprint density at radius 2 is 2.04 bits per heavy atom. The van der Waals surface area contributed by atoms with Crippen molar-refractivity contribution in [3.63, 3.8) is 0 Å². The van der Waals surface area contributed by atoms with Crippen molar-refractivity contribution in [1.29, 1.82) is 0 Å². The maximum Gasteiger partial charge on any atom is 0.255 e. The summed E-state index contributed by atoms with van der Waals surface area (Å²) in [6, 6.07) is 11.6. The molecule has 2 aromatic rings. The first-order valence-electron chi connectivity index (χ1n) is 8.32. The third kappa shape index (κ3) is 3.92. The molecule has 0 spiro atoms. The van der Waals surface area contributed by atoms with Crippen LogP contribution < -0.4 is 5.32 Å². The van der Waals surface area contributed by atoms with Crippen LogP contribution in [0.15, 0.2) is 48.8 Å². The molecule has 126 valence electrons. The molecular weight excluding hydrogens is 302 g/mol. The van der Waals surface area contributed by atoms with Crippen LogP contribution in [0.2, 0.25) is 0 Å². The summed E-state index contributed by atoms with van der Waals surface area (Å²) in [6.45, 7) is 2.13. The minimum Gasteiger partial charge on any atom is -0.381 e. The van der Waals surface area contributed by atoms with Gasteiger partial charge in [-0.15, -0.1) is 0 Å². The van der Waals surface area contributed by atoms with E-state index >= 15 is 0 Å². The van der Waals surface area contributed by atoms with Gasteiger partial charge in [0, 0.05) is 44.8 Å². The number of piperidine rings is 1. The first-order valence-corrected chi connectivity index (χ1v) is 8.32. The Labute approximate surface area is 142 Å². The van der Waals surface area contributed by atoms with Gasteiger partial charge in [0.15, 0.2) is 0 Å². The molecule has 1 amide bonds. The first kappa shape index (κ1) is 16.5. The van der Waals surface area contributed by atoms with E-state index in [0.717, 1.165) is 42.7 Å². The number of aromatic nitrogens is 1. The van der Waals surface area contributed by atoms with Gasteiger partial charge in [-0.2, -0.15) is 0 Å². The first-order chi connectivity index (χ1) is 11.8. The molecule has 3 rings (SSSR count). The minimum absolute atomic E-state index is 0.0823. The lowest BCUT2D eigenvalue weighted by Gasteiger charge is -2.31. The van der Waals surface area contributed by atoms with Crippen molar-refractivity contribution >= 4 is 11.6 Å². The van der Waals surface area contributed by atoms with Crippen molar-refractivity contribution in [2.75, 3.05) is 25.5 Å². The fourth-order valence-electron chi connectivity index (χ4n) is 2.99. The summed E-state index contributed by atoms with van der Waals surface area (Å²) in [4.78, 5) is 18.9. The summed E-state index contributed by atoms with van der Waals surface area (Å²) in [5.41, 5.74) is 2.66. The molecule has 0 radical (unpaired) electrons. The molecule has 1 aliphatic heterocycles. The molecule has 0 unspecified atom stereocenters. The Hall–Kier alpha value is -2.40. The zero-order valence-electron chi connectivity index (χ0n) is 13.9. The van der Waals surface area contributed by atoms with E-state index < -0.39 is 0 Å². The Morgan fingerprint density at radius 3 is 2.75 bits per heavy atom. The molecule has 5 heteroatoms. The van der Waals surface area contributed by atoms with Gasteiger partial charge in [0.1, 0.15) is 0 Å². The van der Waals surface area contributed by atoms with E-state index in [1.807, 2.05) is 47.5 Å². The van der Waals surface area contributed by atoms with Gasteiger partial charge < -0.3 is 15.0 Å². The fraction of sp³-hybridized carbons (Fsp3) is 0.368. The van der Waals surface area contributed by atoms with Gasteiger partial charge in [-0.25, -0.2) is 0 Å². The molecule has 0 aliphatic carbocycles. The number of hydrogen-bond acceptors (Lipinski definition) is 4. The highest BCUT2D eigenvalue weighted by Gasteiger charge is 2.24. The number of anilines is 1. The number of nitrogens with zero attached hydrogens (tertiary/aromatic N) is 2. The van der Waals surface area contributed by atoms with E-state index in [1.54, 1.807) is 13.3 Å². The molecule has 1 aromatic heterocycles. The Bertz CT molecular complexity index is 667. The standard InChI is InChI=1S/C19H23N3O2/c1-24-16-8-11-22(12-9-16)19(23)17-6-2-3-7-18(17)21-14-15-5-4-10-20-13-15/h2-7,10,13,16,21H,8-9,11-12,14H2,1H3. The Morgan fingerprint density at radius 1 is 1.25 bits per heavy atom. The second-order valence-corrected chi connectivity index (χ2v) is 5.99. The molecule has 0 atom stereocenters. The zero-order valence-corrected chi connectivity index (χ0v) is 13.9. The average Bonchev–Trinajstić information content (AvgIpc) is 2.67. The summed E-state index contributed by atoms with van der Waals surface area (Å²) in [5, 5.41) is 3.36. The van der Waals surface area contributed by atoms with Crippen LogP contribution in [0, 0.1) is 0 Å². The van der Waals surface area contributed by atoms with Crippen LogP contribution in [-0.4, -0.2) is 42.1 Å². The lowest BCUT2D eigenvalue weighted by molar-refractivity contribution is 0.0351. The van der Waals surface area contributed by atoms with Crippen molar-refractivity contribution in [1.82, 2.24) is 9.88 Å². The number of pyridine rings is 1. The summed E-state index contributed by atoms with van der Waals surface area (Å²) >= 11 is 0. The van der Waals surface area contributed by atoms with E-state index in [0.29, 0.717) is 6.54 Å². The lowest BCUT2D eigenvalue weighted by atomic mass is 10.1. The largest absolute Gasteiger partial charge is 0.381 e. The van der Waals surface area contributed by atoms with Crippen molar-refractivity contribution in [2.24, 2.45) is 0 Å². The van der Waals surface area contributed by atoms with E-state index in [4.69, 9.17) is 4.74 Å². The van der Waals surface area contributed by atoms with Crippen LogP contribution in [0.1, 0.15) is 28.8 Å². The van der Waals surface area contributed by atoms with E-state index in [2.05, 4.69) is 10.3 Å². The molecule has 1 saturated heterocycles. The number of nitrogens with one attached hydrogen (secondary N) is 1. The van der Waals surface area contributed by atoms with Gasteiger partial charge in [0.05, 0.1) is 11.7 Å². The monoisotopic (exact) mass is 325 g/mol. The number of carbonyl (C=O) groups excluding carboxylic acids is 1. The van der Waals surface area contributed by atoms with Crippen LogP contribution >= 0.6 is 0 Å². The maximum atomic E-state index is 12.9. The average molecular weight is 325 g/mol. The van der Waals surface area contributed by atoms with E-state index in [9.17, 15) is 4.79 Å². The van der Waals surface area contributed by atoms with Crippen molar-refractivity contribution < 1.29 is 9.53 Å². The quantitative estimate of drug-likeness (QED) is 0.918. The van der Waals surface area contributed by atoms with Crippen LogP contribution in [0.4, 0.5) is 5.69 Å². The fourth-order valence-corrected chi connectivity index (χ4v) is 2.99. The molecule has 1 fully saturated rings. The van der Waals surface area contributed by atoms with Crippen molar-refractivity contribution in [2.45, 2.75) is 25.5 Å². The number of hydrogen-bond donors (Lipinski definition) is 1. The molecular formula is C19H23N3O2. The van der Waals surface area contributed by atoms with Crippen LogP contribution in [0.5, 0.6) is 0 Å². The second kappa shape index (κ2) is 7.93. The summed E-state index contributed by atoms with van der Waals surface area (Å²) < 4.78 is 5.38. The van der Waals surface area contributed by atoms with Crippen LogP contribution in [0.25, 0.3) is 0 Å². The minimum atomic E-state index is 0.0823. The number of carbonyl (C=O) groups is 1. The maximum absolute atomic E-state index is 12.9. The number of likely N-dealkylation sites (tertiary alicyclic amines) is 1. The summed E-state index contributed by atoms with van der Waals surface area (Å²) in [6.07, 6.45) is 5.64. The van der Waals surface area contributed by atoms with Crippen molar-refractivity contribution in [3.8, 4) is 0 Å². The number of para-hydroxylation sites is 1. The van der Waals surface area contributed by atoms with E-state index in [1.165, 1.54) is 0 Å². The number of methoxy groups -OCH3 is 1. The topological polar surface area (TPSA) is 54.5 Å². The second-order valence-electron chi connectivity index (χ2n) is 5.99. The highest BCUT2D eigenvalue weighted by Crippen LogP contribution is 2.21. The molecule has 2 heterocycles. The molecule has 0 saturated carbocycles. The predicted molar refractivity (Wildman–Crippen MR) is 93.9 cm³/mol. The third-order valence-electron chi connectivity index (χ3n) is 4.43. The number of benzene rings is 1. The summed E-state index contributed by atoms with van der Waals surface area (Å²) in [7, 11) is 1.74. The van der Waals surface area contributed by atoms with Gasteiger partial charge in [0.2, 0.25) is 0 Å². The molecule has 1 aromatic carbocycles.